The van der Waals surface area contributed by atoms with Crippen LogP contribution in [-0.4, -0.2) is 11.1 Å². The molecule has 84 valence electrons. The molecule has 0 saturated heterocycles. The number of halogens is 1. The molecule has 0 spiro atoms. The van der Waals surface area contributed by atoms with Gasteiger partial charge in [-0.2, -0.15) is 0 Å². The van der Waals surface area contributed by atoms with Crippen LogP contribution in [0.2, 0.25) is 0 Å². The van der Waals surface area contributed by atoms with Gasteiger partial charge >= 0.3 is 5.97 Å². The molecule has 0 atom stereocenters. The highest BCUT2D eigenvalue weighted by Crippen LogP contribution is 2.31. The van der Waals surface area contributed by atoms with Crippen molar-refractivity contribution < 1.29 is 9.90 Å². The van der Waals surface area contributed by atoms with Gasteiger partial charge in [0.1, 0.15) is 0 Å². The monoisotopic (exact) mass is 220 g/mol. The second-order valence-electron chi connectivity index (χ2n) is 4.20. The predicted molar refractivity (Wildman–Crippen MR) is 59.9 cm³/mol. The zero-order chi connectivity index (χ0) is 9.68. The van der Waals surface area contributed by atoms with E-state index in [-0.39, 0.29) is 18.3 Å². The van der Waals surface area contributed by atoms with Crippen LogP contribution < -0.4 is 0 Å². The Kier molecular flexibility index (Phi) is 6.98. The van der Waals surface area contributed by atoms with Gasteiger partial charge in [0.25, 0.3) is 0 Å². The Morgan fingerprint density at radius 3 is 2.29 bits per heavy atom. The molecule has 0 aliphatic heterocycles. The molecule has 2 nitrogen and oxygen atoms in total. The van der Waals surface area contributed by atoms with Gasteiger partial charge in [-0.05, 0) is 31.6 Å². The first-order valence-corrected chi connectivity index (χ1v) is 5.46. The minimum absolute atomic E-state index is 0. The maximum Gasteiger partial charge on any atom is 0.306 e. The van der Waals surface area contributed by atoms with E-state index in [1.54, 1.807) is 0 Å². The quantitative estimate of drug-likeness (QED) is 0.788. The molecule has 0 aromatic carbocycles. The summed E-state index contributed by atoms with van der Waals surface area (Å²) in [6.07, 6.45) is 7.96. The highest BCUT2D eigenvalue weighted by molar-refractivity contribution is 5.85. The van der Waals surface area contributed by atoms with Gasteiger partial charge in [0.05, 0.1) is 5.92 Å². The highest BCUT2D eigenvalue weighted by Gasteiger charge is 2.25. The highest BCUT2D eigenvalue weighted by atomic mass is 35.5. The van der Waals surface area contributed by atoms with Crippen LogP contribution >= 0.6 is 12.4 Å². The Bertz CT molecular complexity index is 163. The van der Waals surface area contributed by atoms with Crippen LogP contribution in [0.5, 0.6) is 0 Å². The Labute approximate surface area is 92.5 Å². The van der Waals surface area contributed by atoms with Crippen molar-refractivity contribution in [1.29, 1.82) is 0 Å². The van der Waals surface area contributed by atoms with Crippen LogP contribution in [0.1, 0.15) is 51.9 Å². The SMILES string of the molecule is CCCCC1CCC(C(=O)O)CC1.Cl. The van der Waals surface area contributed by atoms with Gasteiger partial charge in [-0.15, -0.1) is 12.4 Å². The number of aliphatic carboxylic acids is 1. The third-order valence-corrected chi connectivity index (χ3v) is 3.16. The minimum Gasteiger partial charge on any atom is -0.481 e. The third-order valence-electron chi connectivity index (χ3n) is 3.16. The lowest BCUT2D eigenvalue weighted by molar-refractivity contribution is -0.143. The Morgan fingerprint density at radius 1 is 1.29 bits per heavy atom. The Hall–Kier alpha value is -0.240. The molecule has 1 fully saturated rings. The first kappa shape index (κ1) is 13.8. The van der Waals surface area contributed by atoms with E-state index in [1.807, 2.05) is 0 Å². The second-order valence-corrected chi connectivity index (χ2v) is 4.20. The average Bonchev–Trinajstić information content (AvgIpc) is 2.15. The summed E-state index contributed by atoms with van der Waals surface area (Å²) >= 11 is 0. The van der Waals surface area contributed by atoms with Gasteiger partial charge in [0, 0.05) is 0 Å². The lowest BCUT2D eigenvalue weighted by atomic mass is 9.80. The number of rotatable bonds is 4. The number of carboxylic acids is 1. The molecule has 0 radical (unpaired) electrons. The maximum absolute atomic E-state index is 10.7. The second kappa shape index (κ2) is 7.10. The van der Waals surface area contributed by atoms with E-state index in [0.717, 1.165) is 31.6 Å². The lowest BCUT2D eigenvalue weighted by Crippen LogP contribution is -2.21. The normalized spacial score (nSPS) is 26.6. The number of hydrogen-bond acceptors (Lipinski definition) is 1. The molecule has 0 heterocycles. The van der Waals surface area contributed by atoms with Crippen molar-refractivity contribution in [3.63, 3.8) is 0 Å². The van der Waals surface area contributed by atoms with Crippen LogP contribution in [0.15, 0.2) is 0 Å². The van der Waals surface area contributed by atoms with E-state index in [9.17, 15) is 4.79 Å². The first-order chi connectivity index (χ1) is 6.24. The fourth-order valence-electron chi connectivity index (χ4n) is 2.19. The largest absolute Gasteiger partial charge is 0.481 e. The van der Waals surface area contributed by atoms with Crippen molar-refractivity contribution in [2.24, 2.45) is 11.8 Å². The van der Waals surface area contributed by atoms with Gasteiger partial charge in [-0.3, -0.25) is 4.79 Å². The fraction of sp³-hybridized carbons (Fsp3) is 0.909. The molecule has 1 saturated carbocycles. The van der Waals surface area contributed by atoms with Gasteiger partial charge in [-0.1, -0.05) is 26.2 Å². The number of hydrogen-bond donors (Lipinski definition) is 1. The smallest absolute Gasteiger partial charge is 0.306 e. The fourth-order valence-corrected chi connectivity index (χ4v) is 2.19. The van der Waals surface area contributed by atoms with E-state index in [4.69, 9.17) is 5.11 Å². The van der Waals surface area contributed by atoms with Crippen molar-refractivity contribution in [3.8, 4) is 0 Å². The number of unbranched alkanes of at least 4 members (excludes halogenated alkanes) is 1. The van der Waals surface area contributed by atoms with Crippen molar-refractivity contribution in [3.05, 3.63) is 0 Å². The van der Waals surface area contributed by atoms with E-state index in [2.05, 4.69) is 6.92 Å². The molecule has 3 heteroatoms. The molecular formula is C11H21ClO2. The van der Waals surface area contributed by atoms with Crippen molar-refractivity contribution in [2.45, 2.75) is 51.9 Å². The molecule has 0 bridgehead atoms. The van der Waals surface area contributed by atoms with Crippen LogP contribution in [0, 0.1) is 11.8 Å². The predicted octanol–water partition coefficient (Wildman–Crippen LogP) is 3.49. The van der Waals surface area contributed by atoms with Crippen LogP contribution in [-0.2, 0) is 4.79 Å². The Morgan fingerprint density at radius 2 is 1.86 bits per heavy atom. The average molecular weight is 221 g/mol. The van der Waals surface area contributed by atoms with Crippen LogP contribution in [0.25, 0.3) is 0 Å². The maximum atomic E-state index is 10.7. The van der Waals surface area contributed by atoms with Gasteiger partial charge in [0.2, 0.25) is 0 Å². The van der Waals surface area contributed by atoms with E-state index in [0.29, 0.717) is 0 Å². The summed E-state index contributed by atoms with van der Waals surface area (Å²) in [7, 11) is 0. The summed E-state index contributed by atoms with van der Waals surface area (Å²) < 4.78 is 0. The molecular weight excluding hydrogens is 200 g/mol. The topological polar surface area (TPSA) is 37.3 Å². The van der Waals surface area contributed by atoms with Crippen LogP contribution in [0.4, 0.5) is 0 Å². The molecule has 0 unspecified atom stereocenters. The molecule has 0 aromatic heterocycles. The lowest BCUT2D eigenvalue weighted by Gasteiger charge is -2.25. The first-order valence-electron chi connectivity index (χ1n) is 5.46. The number of carbonyl (C=O) groups is 1. The van der Waals surface area contributed by atoms with Gasteiger partial charge < -0.3 is 5.11 Å². The standard InChI is InChI=1S/C11H20O2.ClH/c1-2-3-4-9-5-7-10(8-6-9)11(12)13;/h9-10H,2-8H2,1H3,(H,12,13);1H. The molecule has 0 aromatic rings. The zero-order valence-electron chi connectivity index (χ0n) is 8.87. The number of carboxylic acid groups (broad SMARTS) is 1. The van der Waals surface area contributed by atoms with Gasteiger partial charge in [0.15, 0.2) is 0 Å². The minimum atomic E-state index is -0.589. The third kappa shape index (κ3) is 4.32. The summed E-state index contributed by atoms with van der Waals surface area (Å²) in [5.74, 6) is 0.183. The molecule has 1 aliphatic carbocycles. The molecule has 1 aliphatic rings. The summed E-state index contributed by atoms with van der Waals surface area (Å²) in [6, 6.07) is 0. The van der Waals surface area contributed by atoms with Crippen LogP contribution in [0.3, 0.4) is 0 Å². The summed E-state index contributed by atoms with van der Waals surface area (Å²) in [5.41, 5.74) is 0. The molecule has 0 amide bonds. The molecule has 1 N–H and O–H groups in total. The van der Waals surface area contributed by atoms with Gasteiger partial charge in [-0.25, -0.2) is 0 Å². The summed E-state index contributed by atoms with van der Waals surface area (Å²) in [6.45, 7) is 2.21. The summed E-state index contributed by atoms with van der Waals surface area (Å²) in [5, 5.41) is 8.80. The van der Waals surface area contributed by atoms with E-state index in [1.165, 1.54) is 19.3 Å². The van der Waals surface area contributed by atoms with Crippen molar-refractivity contribution in [2.75, 3.05) is 0 Å². The molecule has 1 rings (SSSR count). The molecule has 14 heavy (non-hydrogen) atoms. The van der Waals surface area contributed by atoms with E-state index >= 15 is 0 Å². The van der Waals surface area contributed by atoms with Crippen molar-refractivity contribution >= 4 is 18.4 Å². The summed E-state index contributed by atoms with van der Waals surface area (Å²) in [4.78, 5) is 10.7. The van der Waals surface area contributed by atoms with Crippen molar-refractivity contribution in [1.82, 2.24) is 0 Å². The Balaban J connectivity index is 0.00000169. The van der Waals surface area contributed by atoms with E-state index < -0.39 is 5.97 Å². The zero-order valence-corrected chi connectivity index (χ0v) is 9.68.